The minimum Gasteiger partial charge on any atom is -0.449 e. The topological polar surface area (TPSA) is 33.2 Å². The SMILES string of the molecule is c1ccc(-n2c3ccccc3c3cc(-n4c5ccccc5c5cc(-n6c7ccccc7c7ccc8c(c76)Oc6ccccc6O8)ccc54)ccc32)cc1. The third kappa shape index (κ3) is 3.96. The predicted octanol–water partition coefficient (Wildman–Crippen LogP) is 12.9. The lowest BCUT2D eigenvalue weighted by molar-refractivity contribution is 0.362. The van der Waals surface area contributed by atoms with Gasteiger partial charge in [0.1, 0.15) is 5.52 Å². The average molecular weight is 680 g/mol. The third-order valence-corrected chi connectivity index (χ3v) is 10.9. The molecule has 0 spiro atoms. The van der Waals surface area contributed by atoms with E-state index in [1.54, 1.807) is 0 Å². The Balaban J connectivity index is 1.10. The minimum atomic E-state index is 0.710. The maximum atomic E-state index is 6.65. The maximum absolute atomic E-state index is 6.65. The molecule has 0 saturated heterocycles. The number of para-hydroxylation sites is 6. The van der Waals surface area contributed by atoms with Gasteiger partial charge >= 0.3 is 0 Å². The zero-order chi connectivity index (χ0) is 34.6. The lowest BCUT2D eigenvalue weighted by atomic mass is 10.1. The first-order chi connectivity index (χ1) is 26.3. The number of fused-ring (bicyclic) bond motifs is 12. The Labute approximate surface area is 303 Å². The van der Waals surface area contributed by atoms with Gasteiger partial charge < -0.3 is 23.2 Å². The number of rotatable bonds is 3. The van der Waals surface area contributed by atoms with Crippen molar-refractivity contribution < 1.29 is 9.47 Å². The summed E-state index contributed by atoms with van der Waals surface area (Å²) in [6.45, 7) is 0. The second-order valence-electron chi connectivity index (χ2n) is 13.7. The van der Waals surface area contributed by atoms with Gasteiger partial charge in [-0.2, -0.15) is 0 Å². The van der Waals surface area contributed by atoms with Crippen LogP contribution in [0.4, 0.5) is 0 Å². The van der Waals surface area contributed by atoms with Crippen LogP contribution in [0.25, 0.3) is 82.5 Å². The van der Waals surface area contributed by atoms with E-state index in [1.165, 1.54) is 43.5 Å². The lowest BCUT2D eigenvalue weighted by Crippen LogP contribution is -2.02. The average Bonchev–Trinajstić information content (AvgIpc) is 3.86. The Morgan fingerprint density at radius 3 is 1.40 bits per heavy atom. The molecule has 0 aliphatic carbocycles. The highest BCUT2D eigenvalue weighted by Gasteiger charge is 2.26. The second kappa shape index (κ2) is 10.6. The molecule has 1 aliphatic heterocycles. The first kappa shape index (κ1) is 28.5. The summed E-state index contributed by atoms with van der Waals surface area (Å²) in [5, 5.41) is 7.13. The van der Waals surface area contributed by atoms with Gasteiger partial charge in [-0.05, 0) is 91.0 Å². The molecule has 248 valence electrons. The quantitative estimate of drug-likeness (QED) is 0.186. The molecule has 5 heteroatoms. The summed E-state index contributed by atoms with van der Waals surface area (Å²) in [5.41, 5.74) is 10.1. The molecule has 0 N–H and O–H groups in total. The van der Waals surface area contributed by atoms with E-state index in [-0.39, 0.29) is 0 Å². The van der Waals surface area contributed by atoms with Crippen molar-refractivity contribution in [2.24, 2.45) is 0 Å². The third-order valence-electron chi connectivity index (χ3n) is 10.9. The predicted molar refractivity (Wildman–Crippen MR) is 216 cm³/mol. The van der Waals surface area contributed by atoms with Gasteiger partial charge in [-0.1, -0.05) is 84.9 Å². The van der Waals surface area contributed by atoms with Gasteiger partial charge in [0.05, 0.1) is 27.6 Å². The van der Waals surface area contributed by atoms with Crippen LogP contribution in [0, 0.1) is 0 Å². The van der Waals surface area contributed by atoms with E-state index in [4.69, 9.17) is 9.47 Å². The fourth-order valence-electron chi connectivity index (χ4n) is 8.64. The fourth-order valence-corrected chi connectivity index (χ4v) is 8.64. The Kier molecular flexibility index (Phi) is 5.71. The monoisotopic (exact) mass is 679 g/mol. The van der Waals surface area contributed by atoms with Crippen molar-refractivity contribution >= 4 is 65.4 Å². The highest BCUT2D eigenvalue weighted by molar-refractivity contribution is 6.15. The molecule has 0 saturated carbocycles. The van der Waals surface area contributed by atoms with Crippen LogP contribution in [0.2, 0.25) is 0 Å². The van der Waals surface area contributed by atoms with Crippen molar-refractivity contribution in [2.75, 3.05) is 0 Å². The van der Waals surface area contributed by atoms with Gasteiger partial charge in [0.2, 0.25) is 0 Å². The highest BCUT2D eigenvalue weighted by atomic mass is 16.6. The Hall–Kier alpha value is -7.24. The zero-order valence-corrected chi connectivity index (χ0v) is 28.4. The van der Waals surface area contributed by atoms with Crippen LogP contribution >= 0.6 is 0 Å². The van der Waals surface area contributed by atoms with E-state index < -0.39 is 0 Å². The van der Waals surface area contributed by atoms with Crippen LogP contribution in [-0.4, -0.2) is 13.7 Å². The first-order valence-electron chi connectivity index (χ1n) is 17.9. The van der Waals surface area contributed by atoms with Crippen molar-refractivity contribution in [2.45, 2.75) is 0 Å². The molecule has 0 amide bonds. The molecule has 0 fully saturated rings. The number of ether oxygens (including phenoxy) is 2. The molecule has 3 aromatic heterocycles. The van der Waals surface area contributed by atoms with Gasteiger partial charge in [0.25, 0.3) is 0 Å². The van der Waals surface area contributed by atoms with Gasteiger partial charge in [-0.25, -0.2) is 0 Å². The highest BCUT2D eigenvalue weighted by Crippen LogP contribution is 2.51. The molecule has 0 bridgehead atoms. The van der Waals surface area contributed by atoms with Crippen molar-refractivity contribution in [1.82, 2.24) is 13.7 Å². The zero-order valence-electron chi connectivity index (χ0n) is 28.4. The summed E-state index contributed by atoms with van der Waals surface area (Å²) >= 11 is 0. The van der Waals surface area contributed by atoms with E-state index >= 15 is 0 Å². The molecule has 12 rings (SSSR count). The summed E-state index contributed by atoms with van der Waals surface area (Å²) in [7, 11) is 0. The van der Waals surface area contributed by atoms with E-state index in [0.29, 0.717) is 11.5 Å². The van der Waals surface area contributed by atoms with Gasteiger partial charge in [-0.15, -0.1) is 0 Å². The number of hydrogen-bond acceptors (Lipinski definition) is 2. The van der Waals surface area contributed by atoms with Crippen LogP contribution in [0.15, 0.2) is 176 Å². The number of aromatic nitrogens is 3. The molecule has 5 nitrogen and oxygen atoms in total. The molecule has 11 aromatic rings. The van der Waals surface area contributed by atoms with Crippen LogP contribution in [0.1, 0.15) is 0 Å². The Morgan fingerprint density at radius 2 is 0.755 bits per heavy atom. The number of nitrogens with zero attached hydrogens (tertiary/aromatic N) is 3. The van der Waals surface area contributed by atoms with Crippen molar-refractivity contribution in [3.05, 3.63) is 176 Å². The molecule has 0 unspecified atom stereocenters. The molecule has 0 radical (unpaired) electrons. The first-order valence-corrected chi connectivity index (χ1v) is 17.9. The summed E-state index contributed by atoms with van der Waals surface area (Å²) < 4.78 is 20.1. The van der Waals surface area contributed by atoms with Crippen LogP contribution in [0.3, 0.4) is 0 Å². The molecule has 1 aliphatic rings. The molecular weight excluding hydrogens is 651 g/mol. The van der Waals surface area contributed by atoms with Crippen molar-refractivity contribution in [3.63, 3.8) is 0 Å². The van der Waals surface area contributed by atoms with E-state index in [1.807, 2.05) is 30.3 Å². The molecule has 0 atom stereocenters. The minimum absolute atomic E-state index is 0.710. The summed E-state index contributed by atoms with van der Waals surface area (Å²) in [6.07, 6.45) is 0. The number of hydrogen-bond donors (Lipinski definition) is 0. The van der Waals surface area contributed by atoms with E-state index in [9.17, 15) is 0 Å². The number of benzene rings is 8. The van der Waals surface area contributed by atoms with Gasteiger partial charge in [0, 0.05) is 49.4 Å². The Morgan fingerprint density at radius 1 is 0.283 bits per heavy atom. The standard InChI is InChI=1S/C48H29N3O2/c1-2-12-30(13-3-1)49-39-17-7-5-15-34(39)37-28-31(22-25-42(37)49)50-40-18-8-6-16-35(40)38-29-32(23-26-43(38)50)51-41-19-9-4-14-33(41)36-24-27-46-48(47(36)51)53-45-21-11-10-20-44(45)52-46/h1-29H. The normalized spacial score (nSPS) is 12.5. The molecular formula is C48H29N3O2. The van der Waals surface area contributed by atoms with Crippen molar-refractivity contribution in [3.8, 4) is 40.1 Å². The smallest absolute Gasteiger partial charge is 0.194 e. The van der Waals surface area contributed by atoms with E-state index in [2.05, 4.69) is 159 Å². The fraction of sp³-hybridized carbons (Fsp3) is 0. The van der Waals surface area contributed by atoms with Gasteiger partial charge in [0.15, 0.2) is 23.0 Å². The van der Waals surface area contributed by atoms with Crippen LogP contribution in [-0.2, 0) is 0 Å². The van der Waals surface area contributed by atoms with Crippen molar-refractivity contribution in [1.29, 1.82) is 0 Å². The molecule has 4 heterocycles. The largest absolute Gasteiger partial charge is 0.449 e. The summed E-state index contributed by atoms with van der Waals surface area (Å²) in [5.74, 6) is 2.87. The lowest BCUT2D eigenvalue weighted by Gasteiger charge is -2.22. The Bertz CT molecular complexity index is 3290. The molecule has 8 aromatic carbocycles. The second-order valence-corrected chi connectivity index (χ2v) is 13.7. The van der Waals surface area contributed by atoms with E-state index in [0.717, 1.165) is 50.5 Å². The molecule has 53 heavy (non-hydrogen) atoms. The van der Waals surface area contributed by atoms with Crippen LogP contribution < -0.4 is 9.47 Å². The van der Waals surface area contributed by atoms with Gasteiger partial charge in [-0.3, -0.25) is 0 Å². The summed E-state index contributed by atoms with van der Waals surface area (Å²) in [4.78, 5) is 0. The summed E-state index contributed by atoms with van der Waals surface area (Å²) in [6, 6.07) is 62.4. The maximum Gasteiger partial charge on any atom is 0.194 e. The van der Waals surface area contributed by atoms with Crippen LogP contribution in [0.5, 0.6) is 23.0 Å².